The molecule has 0 saturated carbocycles. The lowest BCUT2D eigenvalue weighted by Crippen LogP contribution is -2.15. The highest BCUT2D eigenvalue weighted by Crippen LogP contribution is 2.33. The molecule has 146 valence electrons. The van der Waals surface area contributed by atoms with E-state index in [2.05, 4.69) is 5.32 Å². The summed E-state index contributed by atoms with van der Waals surface area (Å²) < 4.78 is 5.21. The number of benzene rings is 3. The fraction of sp³-hybridized carbons (Fsp3) is 0.182. The molecule has 3 aromatic rings. The van der Waals surface area contributed by atoms with Crippen LogP contribution in [0.4, 0.5) is 5.69 Å². The Morgan fingerprint density at radius 2 is 1.50 bits per heavy atom. The van der Waals surface area contributed by atoms with Crippen LogP contribution in [-0.2, 0) is 0 Å². The Morgan fingerprint density at radius 3 is 2.11 bits per heavy atom. The first-order valence-electron chi connectivity index (χ1n) is 8.75. The molecule has 2 atom stereocenters. The third-order valence-corrected chi connectivity index (χ3v) is 5.48. The third-order valence-electron chi connectivity index (χ3n) is 4.49. The van der Waals surface area contributed by atoms with Crippen molar-refractivity contribution in [1.29, 1.82) is 0 Å². The van der Waals surface area contributed by atoms with Gasteiger partial charge in [-0.2, -0.15) is 0 Å². The molecular formula is C22H20Cl3NO2. The van der Waals surface area contributed by atoms with Crippen molar-refractivity contribution in [2.75, 3.05) is 12.4 Å². The van der Waals surface area contributed by atoms with E-state index in [-0.39, 0.29) is 6.04 Å². The predicted octanol–water partition coefficient (Wildman–Crippen LogP) is 6.93. The second-order valence-electron chi connectivity index (χ2n) is 6.40. The van der Waals surface area contributed by atoms with Crippen molar-refractivity contribution in [3.63, 3.8) is 0 Å². The minimum absolute atomic E-state index is 0.186. The average molecular weight is 437 g/mol. The molecule has 0 saturated heterocycles. The van der Waals surface area contributed by atoms with E-state index in [0.717, 1.165) is 22.6 Å². The van der Waals surface area contributed by atoms with Gasteiger partial charge in [0.25, 0.3) is 0 Å². The summed E-state index contributed by atoms with van der Waals surface area (Å²) in [6.07, 6.45) is -0.242. The number of aliphatic hydroxyl groups is 1. The molecule has 0 heterocycles. The van der Waals surface area contributed by atoms with E-state index in [4.69, 9.17) is 39.5 Å². The number of anilines is 1. The lowest BCUT2D eigenvalue weighted by Gasteiger charge is -2.24. The number of halogens is 3. The quantitative estimate of drug-likeness (QED) is 0.422. The third kappa shape index (κ3) is 5.33. The maximum Gasteiger partial charge on any atom is 0.119 e. The molecule has 0 spiro atoms. The van der Waals surface area contributed by atoms with Crippen LogP contribution in [0.3, 0.4) is 0 Å². The van der Waals surface area contributed by atoms with E-state index in [1.807, 2.05) is 48.5 Å². The van der Waals surface area contributed by atoms with Crippen molar-refractivity contribution in [2.24, 2.45) is 0 Å². The van der Waals surface area contributed by atoms with Crippen LogP contribution in [0.25, 0.3) is 0 Å². The Morgan fingerprint density at radius 1 is 0.857 bits per heavy atom. The van der Waals surface area contributed by atoms with Gasteiger partial charge in [0.1, 0.15) is 5.75 Å². The molecule has 0 aromatic heterocycles. The number of rotatable bonds is 7. The van der Waals surface area contributed by atoms with Crippen molar-refractivity contribution >= 4 is 40.5 Å². The number of aliphatic hydroxyl groups excluding tert-OH is 1. The Bertz CT molecular complexity index is 914. The molecule has 0 fully saturated rings. The van der Waals surface area contributed by atoms with Gasteiger partial charge in [-0.1, -0.05) is 53.0 Å². The van der Waals surface area contributed by atoms with Gasteiger partial charge >= 0.3 is 0 Å². The summed E-state index contributed by atoms with van der Waals surface area (Å²) in [4.78, 5) is 0. The first-order chi connectivity index (χ1) is 13.5. The minimum atomic E-state index is -0.678. The Balaban J connectivity index is 1.86. The highest BCUT2D eigenvalue weighted by atomic mass is 35.5. The summed E-state index contributed by atoms with van der Waals surface area (Å²) in [6.45, 7) is 0. The lowest BCUT2D eigenvalue weighted by atomic mass is 9.96. The summed E-state index contributed by atoms with van der Waals surface area (Å²) in [5, 5.41) is 15.8. The molecule has 0 bridgehead atoms. The minimum Gasteiger partial charge on any atom is -0.497 e. The second-order valence-corrected chi connectivity index (χ2v) is 7.65. The Hall–Kier alpha value is -1.91. The Kier molecular flexibility index (Phi) is 7.08. The van der Waals surface area contributed by atoms with Crippen LogP contribution in [0.1, 0.15) is 29.7 Å². The monoisotopic (exact) mass is 435 g/mol. The molecule has 0 amide bonds. The smallest absolute Gasteiger partial charge is 0.119 e. The number of methoxy groups -OCH3 is 1. The topological polar surface area (TPSA) is 41.5 Å². The fourth-order valence-corrected chi connectivity index (χ4v) is 3.37. The molecular weight excluding hydrogens is 417 g/mol. The SMILES string of the molecule is COc1ccc(NC(CC(O)c2ccc(Cl)cc2)c2ccc(Cl)c(Cl)c2)cc1. The highest BCUT2D eigenvalue weighted by molar-refractivity contribution is 6.42. The largest absolute Gasteiger partial charge is 0.497 e. The summed E-state index contributed by atoms with van der Waals surface area (Å²) in [5.74, 6) is 0.776. The zero-order chi connectivity index (χ0) is 20.1. The molecule has 0 aliphatic carbocycles. The Labute approximate surface area is 179 Å². The number of nitrogens with one attached hydrogen (secondary N) is 1. The molecule has 3 aromatic carbocycles. The van der Waals surface area contributed by atoms with Gasteiger partial charge in [0.2, 0.25) is 0 Å². The highest BCUT2D eigenvalue weighted by Gasteiger charge is 2.19. The van der Waals surface area contributed by atoms with Crippen molar-refractivity contribution in [3.8, 4) is 5.75 Å². The number of hydrogen-bond acceptors (Lipinski definition) is 3. The van der Waals surface area contributed by atoms with Crippen molar-refractivity contribution in [2.45, 2.75) is 18.6 Å². The first kappa shape index (κ1) is 20.8. The lowest BCUT2D eigenvalue weighted by molar-refractivity contribution is 0.160. The van der Waals surface area contributed by atoms with Gasteiger partial charge in [-0.25, -0.2) is 0 Å². The van der Waals surface area contributed by atoms with Crippen LogP contribution in [-0.4, -0.2) is 12.2 Å². The zero-order valence-electron chi connectivity index (χ0n) is 15.2. The summed E-state index contributed by atoms with van der Waals surface area (Å²) in [5.41, 5.74) is 2.63. The van der Waals surface area contributed by atoms with Crippen molar-refractivity contribution in [3.05, 3.63) is 92.9 Å². The summed E-state index contributed by atoms with van der Waals surface area (Å²) >= 11 is 18.2. The summed E-state index contributed by atoms with van der Waals surface area (Å²) in [6, 6.07) is 20.1. The number of hydrogen-bond donors (Lipinski definition) is 2. The maximum atomic E-state index is 10.8. The van der Waals surface area contributed by atoms with E-state index < -0.39 is 6.10 Å². The average Bonchev–Trinajstić information content (AvgIpc) is 2.70. The van der Waals surface area contributed by atoms with Crippen LogP contribution < -0.4 is 10.1 Å². The molecule has 0 radical (unpaired) electrons. The molecule has 2 unspecified atom stereocenters. The fourth-order valence-electron chi connectivity index (χ4n) is 2.94. The van der Waals surface area contributed by atoms with Crippen LogP contribution >= 0.6 is 34.8 Å². The van der Waals surface area contributed by atoms with Gasteiger partial charge < -0.3 is 15.2 Å². The van der Waals surface area contributed by atoms with Gasteiger partial charge in [0, 0.05) is 17.1 Å². The zero-order valence-corrected chi connectivity index (χ0v) is 17.5. The maximum absolute atomic E-state index is 10.8. The molecule has 28 heavy (non-hydrogen) atoms. The molecule has 3 rings (SSSR count). The van der Waals surface area contributed by atoms with Gasteiger partial charge in [-0.3, -0.25) is 0 Å². The van der Waals surface area contributed by atoms with E-state index >= 15 is 0 Å². The van der Waals surface area contributed by atoms with E-state index in [1.54, 1.807) is 25.3 Å². The van der Waals surface area contributed by atoms with Crippen LogP contribution in [0.2, 0.25) is 15.1 Å². The van der Waals surface area contributed by atoms with E-state index in [9.17, 15) is 5.11 Å². The van der Waals surface area contributed by atoms with E-state index in [0.29, 0.717) is 21.5 Å². The number of ether oxygens (including phenoxy) is 1. The molecule has 2 N–H and O–H groups in total. The van der Waals surface area contributed by atoms with Crippen LogP contribution in [0.15, 0.2) is 66.7 Å². The van der Waals surface area contributed by atoms with Gasteiger partial charge in [-0.15, -0.1) is 0 Å². The summed E-state index contributed by atoms with van der Waals surface area (Å²) in [7, 11) is 1.63. The first-order valence-corrected chi connectivity index (χ1v) is 9.88. The molecule has 6 heteroatoms. The molecule has 0 aliphatic rings. The normalized spacial score (nSPS) is 13.0. The standard InChI is InChI=1S/C22H20Cl3NO2/c1-28-18-9-7-17(8-10-18)26-21(15-4-11-19(24)20(25)12-15)13-22(27)14-2-5-16(23)6-3-14/h2-12,21-22,26-27H,13H2,1H3. The van der Waals surface area contributed by atoms with Gasteiger partial charge in [0.05, 0.1) is 29.3 Å². The van der Waals surface area contributed by atoms with Crippen molar-refractivity contribution in [1.82, 2.24) is 0 Å². The van der Waals surface area contributed by atoms with E-state index in [1.165, 1.54) is 0 Å². The van der Waals surface area contributed by atoms with Crippen LogP contribution in [0.5, 0.6) is 5.75 Å². The van der Waals surface area contributed by atoms with Crippen molar-refractivity contribution < 1.29 is 9.84 Å². The second kappa shape index (κ2) is 9.53. The predicted molar refractivity (Wildman–Crippen MR) is 117 cm³/mol. The van der Waals surface area contributed by atoms with Gasteiger partial charge in [0.15, 0.2) is 0 Å². The molecule has 3 nitrogen and oxygen atoms in total. The molecule has 0 aliphatic heterocycles. The van der Waals surface area contributed by atoms with Gasteiger partial charge in [-0.05, 0) is 59.7 Å². The van der Waals surface area contributed by atoms with Crippen LogP contribution in [0, 0.1) is 0 Å².